The molecule has 0 radical (unpaired) electrons. The molecule has 2 aromatic rings. The number of benzene rings is 1. The van der Waals surface area contributed by atoms with Gasteiger partial charge in [0.25, 0.3) is 10.0 Å². The average Bonchev–Trinajstić information content (AvgIpc) is 2.89. The number of rotatable bonds is 4. The van der Waals surface area contributed by atoms with Crippen molar-refractivity contribution in [2.75, 3.05) is 11.4 Å². The van der Waals surface area contributed by atoms with Crippen molar-refractivity contribution < 1.29 is 18.3 Å². The van der Waals surface area contributed by atoms with Crippen LogP contribution in [0.2, 0.25) is 0 Å². The Morgan fingerprint density at radius 3 is 2.32 bits per heavy atom. The van der Waals surface area contributed by atoms with Crippen LogP contribution in [0.4, 0.5) is 5.69 Å². The van der Waals surface area contributed by atoms with Crippen LogP contribution in [-0.2, 0) is 10.0 Å². The molecule has 0 aliphatic carbocycles. The van der Waals surface area contributed by atoms with Crippen LogP contribution in [0.3, 0.4) is 0 Å². The van der Waals surface area contributed by atoms with E-state index in [-0.39, 0.29) is 9.09 Å². The molecule has 0 spiro atoms. The van der Waals surface area contributed by atoms with Crippen molar-refractivity contribution in [1.29, 1.82) is 0 Å². The molecule has 2 rings (SSSR count). The van der Waals surface area contributed by atoms with Gasteiger partial charge in [0.15, 0.2) is 0 Å². The van der Waals surface area contributed by atoms with Gasteiger partial charge in [0.1, 0.15) is 9.09 Å². The summed E-state index contributed by atoms with van der Waals surface area (Å²) in [6, 6.07) is 11.2. The molecule has 1 aromatic carbocycles. The monoisotopic (exact) mass is 297 g/mol. The molecule has 5 nitrogen and oxygen atoms in total. The molecule has 0 saturated heterocycles. The van der Waals surface area contributed by atoms with Crippen LogP contribution in [0, 0.1) is 0 Å². The van der Waals surface area contributed by atoms with E-state index in [4.69, 9.17) is 5.11 Å². The second-order valence-corrected chi connectivity index (χ2v) is 7.01. The molecular weight excluding hydrogens is 286 g/mol. The molecule has 0 amide bonds. The summed E-state index contributed by atoms with van der Waals surface area (Å²) in [6.45, 7) is 0. The molecule has 0 unspecified atom stereocenters. The molecule has 0 aliphatic rings. The van der Waals surface area contributed by atoms with E-state index < -0.39 is 16.0 Å². The summed E-state index contributed by atoms with van der Waals surface area (Å²) in [5.41, 5.74) is 0.521. The molecule has 100 valence electrons. The quantitative estimate of drug-likeness (QED) is 0.939. The summed E-state index contributed by atoms with van der Waals surface area (Å²) in [4.78, 5) is 10.8. The van der Waals surface area contributed by atoms with Gasteiger partial charge in [0.05, 0.1) is 5.69 Å². The Bertz CT molecular complexity index is 692. The highest BCUT2D eigenvalue weighted by Crippen LogP contribution is 2.27. The predicted molar refractivity (Wildman–Crippen MR) is 73.3 cm³/mol. The van der Waals surface area contributed by atoms with E-state index in [0.717, 1.165) is 15.6 Å². The largest absolute Gasteiger partial charge is 0.477 e. The van der Waals surface area contributed by atoms with Gasteiger partial charge in [0, 0.05) is 7.05 Å². The Labute approximate surface area is 114 Å². The Morgan fingerprint density at radius 2 is 1.79 bits per heavy atom. The third kappa shape index (κ3) is 2.61. The van der Waals surface area contributed by atoms with Crippen LogP contribution < -0.4 is 4.31 Å². The highest BCUT2D eigenvalue weighted by molar-refractivity contribution is 7.94. The van der Waals surface area contributed by atoms with Crippen molar-refractivity contribution >= 4 is 33.0 Å². The Hall–Kier alpha value is -1.86. The number of carboxylic acid groups (broad SMARTS) is 1. The van der Waals surface area contributed by atoms with Crippen molar-refractivity contribution in [2.45, 2.75) is 4.21 Å². The van der Waals surface area contributed by atoms with Crippen LogP contribution in [0.25, 0.3) is 0 Å². The van der Waals surface area contributed by atoms with Gasteiger partial charge >= 0.3 is 5.97 Å². The molecule has 0 saturated carbocycles. The lowest BCUT2D eigenvalue weighted by molar-refractivity contribution is 0.0702. The third-order valence-electron chi connectivity index (χ3n) is 2.53. The molecule has 19 heavy (non-hydrogen) atoms. The maximum Gasteiger partial charge on any atom is 0.345 e. The molecule has 0 aliphatic heterocycles. The fourth-order valence-corrected chi connectivity index (χ4v) is 4.00. The maximum atomic E-state index is 12.3. The lowest BCUT2D eigenvalue weighted by Crippen LogP contribution is -2.25. The van der Waals surface area contributed by atoms with E-state index in [1.807, 2.05) is 0 Å². The molecule has 0 fully saturated rings. The zero-order valence-corrected chi connectivity index (χ0v) is 11.6. The van der Waals surface area contributed by atoms with Crippen LogP contribution >= 0.6 is 11.3 Å². The number of carboxylic acids is 1. The Kier molecular flexibility index (Phi) is 3.59. The van der Waals surface area contributed by atoms with E-state index in [9.17, 15) is 13.2 Å². The van der Waals surface area contributed by atoms with E-state index in [0.29, 0.717) is 5.69 Å². The Balaban J connectivity index is 2.39. The van der Waals surface area contributed by atoms with Gasteiger partial charge in [-0.05, 0) is 24.3 Å². The highest BCUT2D eigenvalue weighted by atomic mass is 32.2. The van der Waals surface area contributed by atoms with Gasteiger partial charge in [-0.1, -0.05) is 18.2 Å². The van der Waals surface area contributed by atoms with Gasteiger partial charge in [-0.25, -0.2) is 13.2 Å². The lowest BCUT2D eigenvalue weighted by Gasteiger charge is -2.18. The van der Waals surface area contributed by atoms with Gasteiger partial charge in [-0.3, -0.25) is 4.31 Å². The smallest absolute Gasteiger partial charge is 0.345 e. The number of anilines is 1. The number of carbonyl (C=O) groups is 1. The molecule has 1 heterocycles. The minimum atomic E-state index is -3.72. The first kappa shape index (κ1) is 13.6. The van der Waals surface area contributed by atoms with E-state index in [2.05, 4.69) is 0 Å². The number of aromatic carboxylic acids is 1. The van der Waals surface area contributed by atoms with Gasteiger partial charge in [0.2, 0.25) is 0 Å². The molecule has 0 bridgehead atoms. The third-order valence-corrected chi connectivity index (χ3v) is 5.85. The first-order chi connectivity index (χ1) is 8.93. The van der Waals surface area contributed by atoms with Gasteiger partial charge in [-0.2, -0.15) is 0 Å². The van der Waals surface area contributed by atoms with Crippen LogP contribution in [0.5, 0.6) is 0 Å². The highest BCUT2D eigenvalue weighted by Gasteiger charge is 2.24. The minimum Gasteiger partial charge on any atom is -0.477 e. The fraction of sp³-hybridized carbons (Fsp3) is 0.0833. The standard InChI is InChI=1S/C12H11NO4S2/c1-13(9-5-3-2-4-6-9)19(16,17)11-8-7-10(18-11)12(14)15/h2-8H,1H3,(H,14,15). The second-order valence-electron chi connectivity index (χ2n) is 3.73. The van der Waals surface area contributed by atoms with Crippen LogP contribution in [-0.4, -0.2) is 26.5 Å². The van der Waals surface area contributed by atoms with Crippen molar-refractivity contribution in [3.63, 3.8) is 0 Å². The number of hydrogen-bond acceptors (Lipinski definition) is 4. The number of thiophene rings is 1. The lowest BCUT2D eigenvalue weighted by atomic mass is 10.3. The first-order valence-corrected chi connectivity index (χ1v) is 7.55. The van der Waals surface area contributed by atoms with Crippen molar-refractivity contribution in [1.82, 2.24) is 0 Å². The van der Waals surface area contributed by atoms with Gasteiger partial charge < -0.3 is 5.11 Å². The molecular formula is C12H11NO4S2. The summed E-state index contributed by atoms with van der Waals surface area (Å²) in [5, 5.41) is 8.82. The molecule has 7 heteroatoms. The summed E-state index contributed by atoms with van der Waals surface area (Å²) < 4.78 is 25.8. The summed E-state index contributed by atoms with van der Waals surface area (Å²) in [5.74, 6) is -1.13. The van der Waals surface area contributed by atoms with Crippen molar-refractivity contribution in [2.24, 2.45) is 0 Å². The first-order valence-electron chi connectivity index (χ1n) is 5.30. The Morgan fingerprint density at radius 1 is 1.16 bits per heavy atom. The molecule has 1 N–H and O–H groups in total. The van der Waals surface area contributed by atoms with Crippen molar-refractivity contribution in [3.05, 3.63) is 47.3 Å². The number of para-hydroxylation sites is 1. The average molecular weight is 297 g/mol. The zero-order chi connectivity index (χ0) is 14.0. The fourth-order valence-electron chi connectivity index (χ4n) is 1.49. The topological polar surface area (TPSA) is 74.7 Å². The summed E-state index contributed by atoms with van der Waals surface area (Å²) in [6.07, 6.45) is 0. The second kappa shape index (κ2) is 5.02. The van der Waals surface area contributed by atoms with Gasteiger partial charge in [-0.15, -0.1) is 11.3 Å². The SMILES string of the molecule is CN(c1ccccc1)S(=O)(=O)c1ccc(C(=O)O)s1. The van der Waals surface area contributed by atoms with Crippen LogP contribution in [0.15, 0.2) is 46.7 Å². The minimum absolute atomic E-state index is 0.0000340. The maximum absolute atomic E-state index is 12.3. The van der Waals surface area contributed by atoms with E-state index in [1.54, 1.807) is 30.3 Å². The summed E-state index contributed by atoms with van der Waals surface area (Å²) >= 11 is 0.742. The van der Waals surface area contributed by atoms with Crippen LogP contribution in [0.1, 0.15) is 9.67 Å². The van der Waals surface area contributed by atoms with E-state index in [1.165, 1.54) is 19.2 Å². The number of nitrogens with zero attached hydrogens (tertiary/aromatic N) is 1. The normalized spacial score (nSPS) is 11.2. The predicted octanol–water partition coefficient (Wildman–Crippen LogP) is 2.27. The van der Waals surface area contributed by atoms with Crippen molar-refractivity contribution in [3.8, 4) is 0 Å². The number of sulfonamides is 1. The molecule has 0 atom stereocenters. The van der Waals surface area contributed by atoms with E-state index >= 15 is 0 Å². The zero-order valence-electron chi connectivity index (χ0n) is 9.98. The number of hydrogen-bond donors (Lipinski definition) is 1. The summed E-state index contributed by atoms with van der Waals surface area (Å²) in [7, 11) is -2.28. The molecule has 1 aromatic heterocycles.